The third-order valence-corrected chi connectivity index (χ3v) is 4.12. The smallest absolute Gasteiger partial charge is 0.224 e. The molecule has 0 bridgehead atoms. The van der Waals surface area contributed by atoms with Crippen LogP contribution in [0.5, 0.6) is 5.75 Å². The highest BCUT2D eigenvalue weighted by atomic mass is 35.5. The molecular formula is C18H17ClFNO3. The van der Waals surface area contributed by atoms with Gasteiger partial charge in [-0.15, -0.1) is 0 Å². The second-order valence-electron chi connectivity index (χ2n) is 5.70. The SMILES string of the molecule is O=C(Cc1cc(Cl)cc2c1OCC2)NCC(O)c1cccc(F)c1. The van der Waals surface area contributed by atoms with E-state index in [4.69, 9.17) is 16.3 Å². The summed E-state index contributed by atoms with van der Waals surface area (Å²) in [6.45, 7) is 0.592. The van der Waals surface area contributed by atoms with E-state index in [1.807, 2.05) is 6.07 Å². The van der Waals surface area contributed by atoms with Gasteiger partial charge in [0, 0.05) is 23.6 Å². The maximum Gasteiger partial charge on any atom is 0.224 e. The largest absolute Gasteiger partial charge is 0.493 e. The van der Waals surface area contributed by atoms with Gasteiger partial charge in [0.05, 0.1) is 19.1 Å². The number of nitrogens with one attached hydrogen (secondary N) is 1. The van der Waals surface area contributed by atoms with Crippen molar-refractivity contribution in [3.05, 3.63) is 63.9 Å². The Balaban J connectivity index is 1.61. The Morgan fingerprint density at radius 2 is 2.21 bits per heavy atom. The molecule has 24 heavy (non-hydrogen) atoms. The molecule has 2 N–H and O–H groups in total. The van der Waals surface area contributed by atoms with Crippen LogP contribution in [0.2, 0.25) is 5.02 Å². The van der Waals surface area contributed by atoms with Gasteiger partial charge in [-0.3, -0.25) is 4.79 Å². The molecule has 1 aliphatic heterocycles. The van der Waals surface area contributed by atoms with E-state index < -0.39 is 11.9 Å². The number of carbonyl (C=O) groups excluding carboxylic acids is 1. The van der Waals surface area contributed by atoms with Crippen LogP contribution in [-0.2, 0) is 17.6 Å². The third kappa shape index (κ3) is 3.86. The first-order valence-corrected chi connectivity index (χ1v) is 8.05. The summed E-state index contributed by atoms with van der Waals surface area (Å²) in [5.74, 6) is 0.0372. The maximum absolute atomic E-state index is 13.2. The van der Waals surface area contributed by atoms with Gasteiger partial charge < -0.3 is 15.2 Å². The number of aliphatic hydroxyl groups excluding tert-OH is 1. The van der Waals surface area contributed by atoms with Crippen LogP contribution in [0.15, 0.2) is 36.4 Å². The zero-order chi connectivity index (χ0) is 17.1. The molecule has 0 spiro atoms. The van der Waals surface area contributed by atoms with Crippen molar-refractivity contribution in [2.75, 3.05) is 13.2 Å². The summed E-state index contributed by atoms with van der Waals surface area (Å²) in [6, 6.07) is 9.23. The number of carbonyl (C=O) groups is 1. The molecule has 1 aliphatic rings. The lowest BCUT2D eigenvalue weighted by Crippen LogP contribution is -2.29. The highest BCUT2D eigenvalue weighted by Gasteiger charge is 2.19. The van der Waals surface area contributed by atoms with Crippen molar-refractivity contribution in [1.82, 2.24) is 5.32 Å². The molecule has 0 saturated carbocycles. The molecule has 0 aliphatic carbocycles. The lowest BCUT2D eigenvalue weighted by atomic mass is 10.0. The fourth-order valence-corrected chi connectivity index (χ4v) is 3.02. The van der Waals surface area contributed by atoms with Crippen molar-refractivity contribution in [3.63, 3.8) is 0 Å². The molecule has 4 nitrogen and oxygen atoms in total. The van der Waals surface area contributed by atoms with Gasteiger partial charge in [0.15, 0.2) is 0 Å². The third-order valence-electron chi connectivity index (χ3n) is 3.90. The molecule has 0 fully saturated rings. The van der Waals surface area contributed by atoms with Crippen molar-refractivity contribution in [3.8, 4) is 5.75 Å². The second kappa shape index (κ2) is 7.20. The summed E-state index contributed by atoms with van der Waals surface area (Å²) in [7, 11) is 0. The Kier molecular flexibility index (Phi) is 5.02. The van der Waals surface area contributed by atoms with Gasteiger partial charge in [-0.05, 0) is 35.4 Å². The van der Waals surface area contributed by atoms with Gasteiger partial charge in [0.25, 0.3) is 0 Å². The van der Waals surface area contributed by atoms with E-state index in [0.29, 0.717) is 17.2 Å². The van der Waals surface area contributed by atoms with Gasteiger partial charge in [-0.2, -0.15) is 0 Å². The quantitative estimate of drug-likeness (QED) is 0.872. The first-order valence-electron chi connectivity index (χ1n) is 7.67. The van der Waals surface area contributed by atoms with Crippen LogP contribution in [0.25, 0.3) is 0 Å². The lowest BCUT2D eigenvalue weighted by Gasteiger charge is -2.13. The van der Waals surface area contributed by atoms with Crippen LogP contribution in [-0.4, -0.2) is 24.2 Å². The Morgan fingerprint density at radius 3 is 3.00 bits per heavy atom. The Hall–Kier alpha value is -2.11. The number of rotatable bonds is 5. The average Bonchev–Trinajstić information content (AvgIpc) is 3.01. The van der Waals surface area contributed by atoms with E-state index in [9.17, 15) is 14.3 Å². The molecule has 126 valence electrons. The second-order valence-corrected chi connectivity index (χ2v) is 6.14. The number of ether oxygens (including phenoxy) is 1. The zero-order valence-corrected chi connectivity index (χ0v) is 13.6. The van der Waals surface area contributed by atoms with Crippen molar-refractivity contribution in [2.45, 2.75) is 18.9 Å². The predicted molar refractivity (Wildman–Crippen MR) is 88.7 cm³/mol. The first-order chi connectivity index (χ1) is 11.5. The number of benzene rings is 2. The molecule has 1 amide bonds. The minimum atomic E-state index is -0.967. The molecule has 6 heteroatoms. The lowest BCUT2D eigenvalue weighted by molar-refractivity contribution is -0.120. The fraction of sp³-hybridized carbons (Fsp3) is 0.278. The molecule has 3 rings (SSSR count). The average molecular weight is 350 g/mol. The summed E-state index contributed by atoms with van der Waals surface area (Å²) in [6.07, 6.45) is -0.0763. The highest BCUT2D eigenvalue weighted by Crippen LogP contribution is 2.33. The number of halogens is 2. The predicted octanol–water partition coefficient (Wildman–Crippen LogP) is 2.81. The number of aliphatic hydroxyl groups is 1. The molecule has 2 aromatic rings. The van der Waals surface area contributed by atoms with Crippen LogP contribution >= 0.6 is 11.6 Å². The van der Waals surface area contributed by atoms with E-state index >= 15 is 0 Å². The number of amides is 1. The summed E-state index contributed by atoms with van der Waals surface area (Å²) in [5, 5.41) is 13.3. The maximum atomic E-state index is 13.2. The summed E-state index contributed by atoms with van der Waals surface area (Å²) in [5.41, 5.74) is 2.15. The van der Waals surface area contributed by atoms with Crippen LogP contribution in [0.3, 0.4) is 0 Å². The van der Waals surface area contributed by atoms with E-state index in [1.165, 1.54) is 18.2 Å². The Labute approximate surface area is 144 Å². The molecule has 0 aromatic heterocycles. The van der Waals surface area contributed by atoms with Crippen molar-refractivity contribution in [1.29, 1.82) is 0 Å². The van der Waals surface area contributed by atoms with Crippen LogP contribution < -0.4 is 10.1 Å². The summed E-state index contributed by atoms with van der Waals surface area (Å²) < 4.78 is 18.7. The molecule has 0 saturated heterocycles. The van der Waals surface area contributed by atoms with Gasteiger partial charge in [0.1, 0.15) is 11.6 Å². The van der Waals surface area contributed by atoms with Crippen LogP contribution in [0.4, 0.5) is 4.39 Å². The van der Waals surface area contributed by atoms with E-state index in [1.54, 1.807) is 12.1 Å². The van der Waals surface area contributed by atoms with Crippen LogP contribution in [0, 0.1) is 5.82 Å². The monoisotopic (exact) mass is 349 g/mol. The standard InChI is InChI=1S/C18H17ClFNO3/c19-14-6-12-4-5-24-18(12)13(7-14)9-17(23)21-10-16(22)11-2-1-3-15(20)8-11/h1-3,6-8,16,22H,4-5,9-10H2,(H,21,23). The molecule has 1 heterocycles. The number of fused-ring (bicyclic) bond motifs is 1. The van der Waals surface area contributed by atoms with Gasteiger partial charge >= 0.3 is 0 Å². The Bertz CT molecular complexity index is 766. The fourth-order valence-electron chi connectivity index (χ4n) is 2.76. The molecule has 2 aromatic carbocycles. The molecular weight excluding hydrogens is 333 g/mol. The molecule has 0 radical (unpaired) electrons. The van der Waals surface area contributed by atoms with Crippen molar-refractivity contribution < 1.29 is 19.0 Å². The minimum Gasteiger partial charge on any atom is -0.493 e. The Morgan fingerprint density at radius 1 is 1.38 bits per heavy atom. The molecule has 1 atom stereocenters. The van der Waals surface area contributed by atoms with Gasteiger partial charge in [-0.25, -0.2) is 4.39 Å². The van der Waals surface area contributed by atoms with Gasteiger partial charge in [0.2, 0.25) is 5.91 Å². The zero-order valence-electron chi connectivity index (χ0n) is 12.9. The number of hydrogen-bond acceptors (Lipinski definition) is 3. The molecule has 1 unspecified atom stereocenters. The topological polar surface area (TPSA) is 58.6 Å². The van der Waals surface area contributed by atoms with Crippen molar-refractivity contribution >= 4 is 17.5 Å². The minimum absolute atomic E-state index is 0.00585. The normalized spacial score (nSPS) is 14.0. The summed E-state index contributed by atoms with van der Waals surface area (Å²) >= 11 is 6.07. The summed E-state index contributed by atoms with van der Waals surface area (Å²) in [4.78, 5) is 12.1. The van der Waals surface area contributed by atoms with E-state index in [-0.39, 0.29) is 18.9 Å². The van der Waals surface area contributed by atoms with Crippen molar-refractivity contribution in [2.24, 2.45) is 0 Å². The number of hydrogen-bond donors (Lipinski definition) is 2. The van der Waals surface area contributed by atoms with E-state index in [2.05, 4.69) is 5.32 Å². The van der Waals surface area contributed by atoms with Crippen LogP contribution in [0.1, 0.15) is 22.8 Å². The highest BCUT2D eigenvalue weighted by molar-refractivity contribution is 6.30. The van der Waals surface area contributed by atoms with Gasteiger partial charge in [-0.1, -0.05) is 23.7 Å². The van der Waals surface area contributed by atoms with E-state index in [0.717, 1.165) is 23.3 Å². The first kappa shape index (κ1) is 16.7.